The van der Waals surface area contributed by atoms with Crippen LogP contribution in [-0.4, -0.2) is 20.3 Å². The lowest BCUT2D eigenvalue weighted by Gasteiger charge is -2.02. The van der Waals surface area contributed by atoms with Crippen molar-refractivity contribution in [3.05, 3.63) is 60.3 Å². The molecule has 0 saturated carbocycles. The Morgan fingerprint density at radius 2 is 2.06 bits per heavy atom. The summed E-state index contributed by atoms with van der Waals surface area (Å²) < 4.78 is 1.76. The Kier molecular flexibility index (Phi) is 2.41. The molecule has 1 aromatic carbocycles. The summed E-state index contributed by atoms with van der Waals surface area (Å²) in [6.07, 6.45) is 5.06. The van der Waals surface area contributed by atoms with Crippen LogP contribution in [-0.2, 0) is 7.05 Å². The molecule has 0 N–H and O–H groups in total. The van der Waals surface area contributed by atoms with Gasteiger partial charge >= 0.3 is 0 Å². The second-order valence-electron chi connectivity index (χ2n) is 4.13. The molecule has 0 radical (unpaired) electrons. The monoisotopic (exact) mass is 237 g/mol. The average Bonchev–Trinajstić information content (AvgIpc) is 2.84. The van der Waals surface area contributed by atoms with E-state index in [4.69, 9.17) is 0 Å². The molecule has 0 aliphatic rings. The van der Waals surface area contributed by atoms with Gasteiger partial charge in [0.15, 0.2) is 0 Å². The summed E-state index contributed by atoms with van der Waals surface area (Å²) >= 11 is 0. The van der Waals surface area contributed by atoms with Crippen molar-refractivity contribution >= 4 is 16.7 Å². The summed E-state index contributed by atoms with van der Waals surface area (Å²) in [5.41, 5.74) is 1.91. The van der Waals surface area contributed by atoms with Crippen LogP contribution in [0.1, 0.15) is 16.1 Å². The Morgan fingerprint density at radius 1 is 1.17 bits per heavy atom. The van der Waals surface area contributed by atoms with Gasteiger partial charge < -0.3 is 4.57 Å². The van der Waals surface area contributed by atoms with Crippen LogP contribution in [0, 0.1) is 0 Å². The number of hydrogen-bond donors (Lipinski definition) is 0. The van der Waals surface area contributed by atoms with Gasteiger partial charge in [-0.1, -0.05) is 18.2 Å². The number of carbonyl (C=O) groups is 1. The molecule has 0 unspecified atom stereocenters. The molecule has 3 rings (SSSR count). The molecule has 88 valence electrons. The molecular weight excluding hydrogens is 226 g/mol. The zero-order valence-electron chi connectivity index (χ0n) is 9.87. The van der Waals surface area contributed by atoms with Gasteiger partial charge in [-0.15, -0.1) is 0 Å². The third kappa shape index (κ3) is 1.68. The number of benzene rings is 1. The van der Waals surface area contributed by atoms with Crippen LogP contribution in [0.4, 0.5) is 0 Å². The van der Waals surface area contributed by atoms with Crippen molar-refractivity contribution in [3.8, 4) is 0 Å². The molecule has 0 bridgehead atoms. The Hall–Kier alpha value is -2.49. The minimum atomic E-state index is -0.0748. The Morgan fingerprint density at radius 3 is 2.83 bits per heavy atom. The topological polar surface area (TPSA) is 47.8 Å². The van der Waals surface area contributed by atoms with Crippen molar-refractivity contribution in [2.24, 2.45) is 7.05 Å². The number of aryl methyl sites for hydroxylation is 1. The van der Waals surface area contributed by atoms with E-state index in [0.29, 0.717) is 11.3 Å². The van der Waals surface area contributed by atoms with E-state index in [2.05, 4.69) is 9.97 Å². The Bertz CT molecular complexity index is 725. The number of hydrogen-bond acceptors (Lipinski definition) is 3. The highest BCUT2D eigenvalue weighted by Gasteiger charge is 2.14. The van der Waals surface area contributed by atoms with Gasteiger partial charge in [0.2, 0.25) is 5.78 Å². The highest BCUT2D eigenvalue weighted by molar-refractivity contribution is 6.14. The molecule has 18 heavy (non-hydrogen) atoms. The predicted molar refractivity (Wildman–Crippen MR) is 68.4 cm³/mol. The van der Waals surface area contributed by atoms with Crippen LogP contribution >= 0.6 is 0 Å². The first kappa shape index (κ1) is 10.7. The summed E-state index contributed by atoms with van der Waals surface area (Å²) in [5, 5.41) is 0.857. The van der Waals surface area contributed by atoms with Gasteiger partial charge in [-0.05, 0) is 12.1 Å². The molecule has 4 heteroatoms. The fraction of sp³-hybridized carbons (Fsp3) is 0.0714. The molecule has 0 atom stereocenters. The number of pyridine rings is 1. The SMILES string of the molecule is Cn1cnc(C(=O)c2cccc3ncccc23)c1. The molecule has 2 aromatic heterocycles. The van der Waals surface area contributed by atoms with Crippen molar-refractivity contribution in [1.82, 2.24) is 14.5 Å². The second kappa shape index (κ2) is 4.07. The lowest BCUT2D eigenvalue weighted by molar-refractivity contribution is 0.103. The summed E-state index contributed by atoms with van der Waals surface area (Å²) in [5.74, 6) is -0.0748. The Labute approximate surface area is 104 Å². The second-order valence-corrected chi connectivity index (χ2v) is 4.13. The number of imidazole rings is 1. The van der Waals surface area contributed by atoms with E-state index in [0.717, 1.165) is 10.9 Å². The van der Waals surface area contributed by atoms with Gasteiger partial charge in [-0.25, -0.2) is 4.98 Å². The van der Waals surface area contributed by atoms with Gasteiger partial charge in [0.25, 0.3) is 0 Å². The highest BCUT2D eigenvalue weighted by Crippen LogP contribution is 2.19. The zero-order valence-corrected chi connectivity index (χ0v) is 9.87. The van der Waals surface area contributed by atoms with Gasteiger partial charge in [-0.2, -0.15) is 0 Å². The lowest BCUT2D eigenvalue weighted by atomic mass is 10.0. The molecule has 3 aromatic rings. The van der Waals surface area contributed by atoms with Crippen LogP contribution in [0.2, 0.25) is 0 Å². The van der Waals surface area contributed by atoms with Gasteiger partial charge in [0.1, 0.15) is 5.69 Å². The van der Waals surface area contributed by atoms with E-state index >= 15 is 0 Å². The normalized spacial score (nSPS) is 10.7. The summed E-state index contributed by atoms with van der Waals surface area (Å²) in [6.45, 7) is 0. The first-order valence-electron chi connectivity index (χ1n) is 5.62. The van der Waals surface area contributed by atoms with E-state index in [1.165, 1.54) is 0 Å². The minimum absolute atomic E-state index is 0.0748. The molecular formula is C14H11N3O. The summed E-state index contributed by atoms with van der Waals surface area (Å²) in [4.78, 5) is 20.7. The van der Waals surface area contributed by atoms with E-state index in [1.54, 1.807) is 29.4 Å². The summed E-state index contributed by atoms with van der Waals surface area (Å²) in [7, 11) is 1.84. The van der Waals surface area contributed by atoms with Gasteiger partial charge in [0.05, 0.1) is 11.8 Å². The first-order valence-corrected chi connectivity index (χ1v) is 5.62. The third-order valence-electron chi connectivity index (χ3n) is 2.83. The molecule has 0 spiro atoms. The molecule has 0 aliphatic carbocycles. The number of fused-ring (bicyclic) bond motifs is 1. The Balaban J connectivity index is 2.17. The van der Waals surface area contributed by atoms with Gasteiger partial charge in [0, 0.05) is 30.4 Å². The fourth-order valence-corrected chi connectivity index (χ4v) is 1.97. The standard InChI is InChI=1S/C14H11N3O/c1-17-8-13(16-9-17)14(18)11-4-2-6-12-10(11)5-3-7-15-12/h2-9H,1H3. The molecule has 0 amide bonds. The summed E-state index contributed by atoms with van der Waals surface area (Å²) in [6, 6.07) is 9.27. The minimum Gasteiger partial charge on any atom is -0.340 e. The molecule has 0 aliphatic heterocycles. The maximum atomic E-state index is 12.4. The lowest BCUT2D eigenvalue weighted by Crippen LogP contribution is -2.02. The zero-order chi connectivity index (χ0) is 12.5. The molecule has 2 heterocycles. The predicted octanol–water partition coefficient (Wildman–Crippen LogP) is 2.20. The molecule has 0 fully saturated rings. The smallest absolute Gasteiger partial charge is 0.213 e. The van der Waals surface area contributed by atoms with E-state index in [9.17, 15) is 4.79 Å². The van der Waals surface area contributed by atoms with Crippen LogP contribution in [0.3, 0.4) is 0 Å². The third-order valence-corrected chi connectivity index (χ3v) is 2.83. The van der Waals surface area contributed by atoms with Crippen LogP contribution in [0.5, 0.6) is 0 Å². The van der Waals surface area contributed by atoms with Crippen molar-refractivity contribution in [2.45, 2.75) is 0 Å². The molecule has 4 nitrogen and oxygen atoms in total. The van der Waals surface area contributed by atoms with Crippen molar-refractivity contribution in [3.63, 3.8) is 0 Å². The number of nitrogens with zero attached hydrogens (tertiary/aromatic N) is 3. The molecule has 0 saturated heterocycles. The first-order chi connectivity index (χ1) is 8.75. The van der Waals surface area contributed by atoms with Crippen LogP contribution in [0.15, 0.2) is 49.1 Å². The number of ketones is 1. The average molecular weight is 237 g/mol. The van der Waals surface area contributed by atoms with Crippen molar-refractivity contribution in [1.29, 1.82) is 0 Å². The van der Waals surface area contributed by atoms with Gasteiger partial charge in [-0.3, -0.25) is 9.78 Å². The fourth-order valence-electron chi connectivity index (χ4n) is 1.97. The van der Waals surface area contributed by atoms with Crippen molar-refractivity contribution in [2.75, 3.05) is 0 Å². The largest absolute Gasteiger partial charge is 0.340 e. The van der Waals surface area contributed by atoms with E-state index in [1.807, 2.05) is 31.3 Å². The highest BCUT2D eigenvalue weighted by atomic mass is 16.1. The van der Waals surface area contributed by atoms with Crippen LogP contribution in [0.25, 0.3) is 10.9 Å². The number of carbonyl (C=O) groups excluding carboxylic acids is 1. The van der Waals surface area contributed by atoms with E-state index in [-0.39, 0.29) is 5.78 Å². The van der Waals surface area contributed by atoms with Crippen molar-refractivity contribution < 1.29 is 4.79 Å². The van der Waals surface area contributed by atoms with Crippen LogP contribution < -0.4 is 0 Å². The number of rotatable bonds is 2. The quantitative estimate of drug-likeness (QED) is 0.642. The van der Waals surface area contributed by atoms with E-state index < -0.39 is 0 Å². The maximum Gasteiger partial charge on any atom is 0.213 e. The maximum absolute atomic E-state index is 12.4. The number of aromatic nitrogens is 3.